The molecule has 1 aromatic carbocycles. The number of hydrogen-bond donors (Lipinski definition) is 0. The molecule has 0 aliphatic carbocycles. The Balaban J connectivity index is 2.20. The summed E-state index contributed by atoms with van der Waals surface area (Å²) < 4.78 is 10.1. The smallest absolute Gasteiger partial charge is 0.414 e. The van der Waals surface area contributed by atoms with Gasteiger partial charge in [0.25, 0.3) is 0 Å². The summed E-state index contributed by atoms with van der Waals surface area (Å²) in [7, 11) is 1.38. The van der Waals surface area contributed by atoms with Gasteiger partial charge in [0.1, 0.15) is 5.60 Å². The summed E-state index contributed by atoms with van der Waals surface area (Å²) in [5.74, 6) is -0.264. The van der Waals surface area contributed by atoms with Gasteiger partial charge in [0.05, 0.1) is 19.2 Å². The van der Waals surface area contributed by atoms with Gasteiger partial charge in [-0.25, -0.2) is 4.79 Å². The number of amides is 1. The number of anilines is 1. The zero-order chi connectivity index (χ0) is 16.3. The minimum absolute atomic E-state index is 0.246. The van der Waals surface area contributed by atoms with Crippen LogP contribution in [0.25, 0.3) is 0 Å². The van der Waals surface area contributed by atoms with Gasteiger partial charge in [-0.05, 0) is 50.8 Å². The third-order valence-corrected chi connectivity index (χ3v) is 3.45. The number of carbonyl (C=O) groups excluding carboxylic acids is 2. The Bertz CT molecular complexity index is 575. The quantitative estimate of drug-likeness (QED) is 0.788. The highest BCUT2D eigenvalue weighted by atomic mass is 16.6. The SMILES string of the molecule is COC(=O)Cc1ccc2c(c1)CCCN2C(=O)OC(C)(C)C. The fourth-order valence-electron chi connectivity index (χ4n) is 2.51. The number of aryl methyl sites for hydroxylation is 1. The standard InChI is InChI=1S/C17H23NO4/c1-17(2,3)22-16(20)18-9-5-6-13-10-12(7-8-14(13)18)11-15(19)21-4/h7-8,10H,5-6,9,11H2,1-4H3. The summed E-state index contributed by atoms with van der Waals surface area (Å²) in [4.78, 5) is 25.4. The second-order valence-corrected chi connectivity index (χ2v) is 6.45. The van der Waals surface area contributed by atoms with E-state index < -0.39 is 5.60 Å². The first-order valence-corrected chi connectivity index (χ1v) is 7.49. The van der Waals surface area contributed by atoms with Gasteiger partial charge in [0.2, 0.25) is 0 Å². The lowest BCUT2D eigenvalue weighted by Crippen LogP contribution is -2.39. The van der Waals surface area contributed by atoms with Crippen LogP contribution in [0.3, 0.4) is 0 Å². The lowest BCUT2D eigenvalue weighted by atomic mass is 9.98. The van der Waals surface area contributed by atoms with Crippen molar-refractivity contribution in [2.45, 2.75) is 45.6 Å². The first-order chi connectivity index (χ1) is 10.3. The van der Waals surface area contributed by atoms with Crippen molar-refractivity contribution in [2.24, 2.45) is 0 Å². The molecule has 1 amide bonds. The van der Waals surface area contributed by atoms with Gasteiger partial charge < -0.3 is 9.47 Å². The third-order valence-electron chi connectivity index (χ3n) is 3.45. The second kappa shape index (κ2) is 6.38. The Morgan fingerprint density at radius 3 is 2.64 bits per heavy atom. The maximum Gasteiger partial charge on any atom is 0.414 e. The van der Waals surface area contributed by atoms with Crippen molar-refractivity contribution in [3.05, 3.63) is 29.3 Å². The van der Waals surface area contributed by atoms with Crippen molar-refractivity contribution in [3.8, 4) is 0 Å². The van der Waals surface area contributed by atoms with Crippen LogP contribution in [0.15, 0.2) is 18.2 Å². The van der Waals surface area contributed by atoms with E-state index in [1.54, 1.807) is 4.90 Å². The van der Waals surface area contributed by atoms with Crippen LogP contribution in [0.1, 0.15) is 38.3 Å². The predicted octanol–water partition coefficient (Wildman–Crippen LogP) is 3.09. The van der Waals surface area contributed by atoms with Crippen molar-refractivity contribution in [1.82, 2.24) is 0 Å². The van der Waals surface area contributed by atoms with Crippen LogP contribution >= 0.6 is 0 Å². The van der Waals surface area contributed by atoms with Crippen molar-refractivity contribution in [2.75, 3.05) is 18.6 Å². The lowest BCUT2D eigenvalue weighted by Gasteiger charge is -2.32. The van der Waals surface area contributed by atoms with Crippen LogP contribution in [0.5, 0.6) is 0 Å². The highest BCUT2D eigenvalue weighted by Crippen LogP contribution is 2.29. The molecular formula is C17H23NO4. The monoisotopic (exact) mass is 305 g/mol. The number of esters is 1. The van der Waals surface area contributed by atoms with Gasteiger partial charge in [-0.15, -0.1) is 0 Å². The molecule has 5 nitrogen and oxygen atoms in total. The summed E-state index contributed by atoms with van der Waals surface area (Å²) in [6.07, 6.45) is 1.70. The van der Waals surface area contributed by atoms with E-state index in [2.05, 4.69) is 4.74 Å². The number of fused-ring (bicyclic) bond motifs is 1. The van der Waals surface area contributed by atoms with Crippen LogP contribution < -0.4 is 4.90 Å². The number of rotatable bonds is 2. The van der Waals surface area contributed by atoms with E-state index in [1.165, 1.54) is 7.11 Å². The molecule has 5 heteroatoms. The van der Waals surface area contributed by atoms with E-state index in [0.717, 1.165) is 29.7 Å². The van der Waals surface area contributed by atoms with Gasteiger partial charge in [-0.2, -0.15) is 0 Å². The van der Waals surface area contributed by atoms with E-state index in [-0.39, 0.29) is 18.5 Å². The first kappa shape index (κ1) is 16.3. The topological polar surface area (TPSA) is 55.8 Å². The number of nitrogens with zero attached hydrogens (tertiary/aromatic N) is 1. The molecule has 1 aromatic rings. The highest BCUT2D eigenvalue weighted by molar-refractivity contribution is 5.89. The molecule has 0 saturated carbocycles. The predicted molar refractivity (Wildman–Crippen MR) is 84.1 cm³/mol. The lowest BCUT2D eigenvalue weighted by molar-refractivity contribution is -0.139. The maximum absolute atomic E-state index is 12.3. The number of carbonyl (C=O) groups is 2. The molecule has 1 aliphatic heterocycles. The van der Waals surface area contributed by atoms with Crippen molar-refractivity contribution < 1.29 is 19.1 Å². The molecule has 0 radical (unpaired) electrons. The van der Waals surface area contributed by atoms with Crippen molar-refractivity contribution in [3.63, 3.8) is 0 Å². The molecule has 0 fully saturated rings. The van der Waals surface area contributed by atoms with Gasteiger partial charge in [-0.1, -0.05) is 12.1 Å². The van der Waals surface area contributed by atoms with Crippen LogP contribution in [-0.2, 0) is 27.1 Å². The van der Waals surface area contributed by atoms with E-state index in [0.29, 0.717) is 6.54 Å². The van der Waals surface area contributed by atoms with Crippen LogP contribution in [0.4, 0.5) is 10.5 Å². The average molecular weight is 305 g/mol. The molecule has 0 bridgehead atoms. The van der Waals surface area contributed by atoms with Gasteiger partial charge >= 0.3 is 12.1 Å². The van der Waals surface area contributed by atoms with Gasteiger partial charge in [0, 0.05) is 6.54 Å². The minimum Gasteiger partial charge on any atom is -0.469 e. The van der Waals surface area contributed by atoms with E-state index in [4.69, 9.17) is 4.74 Å². The number of benzene rings is 1. The molecule has 0 unspecified atom stereocenters. The molecule has 120 valence electrons. The fourth-order valence-corrected chi connectivity index (χ4v) is 2.51. The normalized spacial score (nSPS) is 14.3. The van der Waals surface area contributed by atoms with E-state index in [1.807, 2.05) is 39.0 Å². The maximum atomic E-state index is 12.3. The van der Waals surface area contributed by atoms with Crippen LogP contribution in [-0.4, -0.2) is 31.3 Å². The Kier molecular flexibility index (Phi) is 4.74. The molecule has 2 rings (SSSR count). The van der Waals surface area contributed by atoms with Crippen LogP contribution in [0, 0.1) is 0 Å². The molecule has 0 spiro atoms. The van der Waals surface area contributed by atoms with Crippen molar-refractivity contribution in [1.29, 1.82) is 0 Å². The molecular weight excluding hydrogens is 282 g/mol. The summed E-state index contributed by atoms with van der Waals surface area (Å²) in [5.41, 5.74) is 2.32. The van der Waals surface area contributed by atoms with E-state index >= 15 is 0 Å². The molecule has 0 N–H and O–H groups in total. The Morgan fingerprint density at radius 2 is 2.00 bits per heavy atom. The molecule has 1 heterocycles. The second-order valence-electron chi connectivity index (χ2n) is 6.45. The average Bonchev–Trinajstić information content (AvgIpc) is 2.44. The molecule has 22 heavy (non-hydrogen) atoms. The Hall–Kier alpha value is -2.04. The zero-order valence-corrected chi connectivity index (χ0v) is 13.6. The van der Waals surface area contributed by atoms with Gasteiger partial charge in [0.15, 0.2) is 0 Å². The fraction of sp³-hybridized carbons (Fsp3) is 0.529. The van der Waals surface area contributed by atoms with Gasteiger partial charge in [-0.3, -0.25) is 9.69 Å². The first-order valence-electron chi connectivity index (χ1n) is 7.49. The summed E-state index contributed by atoms with van der Waals surface area (Å²) in [6.45, 7) is 6.22. The third kappa shape index (κ3) is 4.00. The minimum atomic E-state index is -0.514. The molecule has 0 aromatic heterocycles. The number of ether oxygens (including phenoxy) is 2. The molecule has 0 atom stereocenters. The van der Waals surface area contributed by atoms with Crippen molar-refractivity contribution >= 4 is 17.7 Å². The van der Waals surface area contributed by atoms with Crippen LogP contribution in [0.2, 0.25) is 0 Å². The summed E-state index contributed by atoms with van der Waals surface area (Å²) in [5, 5.41) is 0. The van der Waals surface area contributed by atoms with E-state index in [9.17, 15) is 9.59 Å². The molecule has 1 aliphatic rings. The summed E-state index contributed by atoms with van der Waals surface area (Å²) >= 11 is 0. The summed E-state index contributed by atoms with van der Waals surface area (Å²) in [6, 6.07) is 5.72. The zero-order valence-electron chi connectivity index (χ0n) is 13.6. The number of methoxy groups -OCH3 is 1. The Morgan fingerprint density at radius 1 is 1.27 bits per heavy atom. The molecule has 0 saturated heterocycles. The highest BCUT2D eigenvalue weighted by Gasteiger charge is 2.27. The Labute approximate surface area is 131 Å². The largest absolute Gasteiger partial charge is 0.469 e. The number of hydrogen-bond acceptors (Lipinski definition) is 4.